The molecule has 1 rings (SSSR count). The van der Waals surface area contributed by atoms with Crippen molar-refractivity contribution in [3.8, 4) is 0 Å². The third kappa shape index (κ3) is 3.75. The molecule has 0 amide bonds. The molecule has 0 aromatic heterocycles. The van der Waals surface area contributed by atoms with Gasteiger partial charge in [0, 0.05) is 21.3 Å². The van der Waals surface area contributed by atoms with E-state index < -0.39 is 8.80 Å². The van der Waals surface area contributed by atoms with Gasteiger partial charge in [-0.1, -0.05) is 13.8 Å². The van der Waals surface area contributed by atoms with Crippen molar-refractivity contribution in [2.75, 3.05) is 34.5 Å². The molecule has 0 radical (unpaired) electrons. The molecule has 1 aliphatic heterocycles. The molecular weight excluding hydrogens is 252 g/mol. The van der Waals surface area contributed by atoms with Gasteiger partial charge in [-0.2, -0.15) is 0 Å². The van der Waals surface area contributed by atoms with Gasteiger partial charge in [0.25, 0.3) is 0 Å². The van der Waals surface area contributed by atoms with Gasteiger partial charge in [-0.25, -0.2) is 0 Å². The molecule has 0 spiro atoms. The first kappa shape index (κ1) is 16.1. The molecule has 0 aliphatic carbocycles. The van der Waals surface area contributed by atoms with Gasteiger partial charge in [0.1, 0.15) is 6.10 Å². The first-order valence-corrected chi connectivity index (χ1v) is 8.36. The van der Waals surface area contributed by atoms with E-state index in [1.54, 1.807) is 21.3 Å². The van der Waals surface area contributed by atoms with E-state index in [9.17, 15) is 0 Å². The molecule has 0 N–H and O–H groups in total. The van der Waals surface area contributed by atoms with E-state index >= 15 is 0 Å². The number of epoxide rings is 1. The maximum atomic E-state index is 5.95. The lowest BCUT2D eigenvalue weighted by atomic mass is 10.1. The average Bonchev–Trinajstić information content (AvgIpc) is 3.23. The average molecular weight is 278 g/mol. The molecule has 1 saturated heterocycles. The smallest absolute Gasteiger partial charge is 0.377 e. The Hall–Kier alpha value is 0.0169. The van der Waals surface area contributed by atoms with Crippen molar-refractivity contribution in [2.45, 2.75) is 44.4 Å². The largest absolute Gasteiger partial charge is 0.506 e. The summed E-state index contributed by atoms with van der Waals surface area (Å²) < 4.78 is 27.9. The SMILES string of the molecule is CCC(OCC1CO1)C(CC)[Si](OC)(OC)OC. The third-order valence-corrected chi connectivity index (χ3v) is 6.89. The van der Waals surface area contributed by atoms with Crippen molar-refractivity contribution in [1.29, 1.82) is 0 Å². The summed E-state index contributed by atoms with van der Waals surface area (Å²) in [5.74, 6) is 0. The van der Waals surface area contributed by atoms with Crippen molar-refractivity contribution in [3.63, 3.8) is 0 Å². The van der Waals surface area contributed by atoms with E-state index in [-0.39, 0.29) is 17.7 Å². The van der Waals surface area contributed by atoms with Crippen LogP contribution in [0.1, 0.15) is 26.7 Å². The van der Waals surface area contributed by atoms with Crippen molar-refractivity contribution in [3.05, 3.63) is 0 Å². The summed E-state index contributed by atoms with van der Waals surface area (Å²) in [6.07, 6.45) is 2.19. The molecule has 6 heteroatoms. The standard InChI is InChI=1S/C12H26O5Si/c1-6-11(17-9-10-8-16-10)12(7-2)18(13-3,14-4)15-5/h10-12H,6-9H2,1-5H3. The van der Waals surface area contributed by atoms with Crippen LogP contribution in [0.2, 0.25) is 5.54 Å². The van der Waals surface area contributed by atoms with Crippen LogP contribution in [0, 0.1) is 0 Å². The van der Waals surface area contributed by atoms with E-state index in [0.29, 0.717) is 6.61 Å². The van der Waals surface area contributed by atoms with Crippen LogP contribution in [-0.2, 0) is 22.8 Å². The summed E-state index contributed by atoms with van der Waals surface area (Å²) in [6.45, 7) is 5.69. The van der Waals surface area contributed by atoms with Crippen LogP contribution in [0.25, 0.3) is 0 Å². The number of ether oxygens (including phenoxy) is 2. The highest BCUT2D eigenvalue weighted by Crippen LogP contribution is 2.34. The summed E-state index contributed by atoms with van der Waals surface area (Å²) in [6, 6.07) is 0. The van der Waals surface area contributed by atoms with E-state index in [1.807, 2.05) is 0 Å². The minimum atomic E-state index is -2.65. The lowest BCUT2D eigenvalue weighted by Crippen LogP contribution is -2.51. The first-order valence-electron chi connectivity index (χ1n) is 6.56. The molecule has 1 aliphatic rings. The highest BCUT2D eigenvalue weighted by atomic mass is 28.4. The van der Waals surface area contributed by atoms with Gasteiger partial charge >= 0.3 is 8.80 Å². The first-order chi connectivity index (χ1) is 8.67. The number of rotatable bonds is 10. The normalized spacial score (nSPS) is 22.8. The molecule has 108 valence electrons. The van der Waals surface area contributed by atoms with Gasteiger partial charge in [-0.05, 0) is 12.8 Å². The lowest BCUT2D eigenvalue weighted by molar-refractivity contribution is 0.00752. The molecular formula is C12H26O5Si. The maximum Gasteiger partial charge on any atom is 0.506 e. The summed E-state index contributed by atoms with van der Waals surface area (Å²) in [4.78, 5) is 0. The van der Waals surface area contributed by atoms with Crippen LogP contribution in [-0.4, -0.2) is 55.6 Å². The Morgan fingerprint density at radius 3 is 2.00 bits per heavy atom. The summed E-state index contributed by atoms with van der Waals surface area (Å²) in [5.41, 5.74) is 0.154. The number of hydrogen-bond donors (Lipinski definition) is 0. The van der Waals surface area contributed by atoms with Crippen molar-refractivity contribution in [2.24, 2.45) is 0 Å². The molecule has 3 unspecified atom stereocenters. The Morgan fingerprint density at radius 1 is 1.11 bits per heavy atom. The topological polar surface area (TPSA) is 49.5 Å². The van der Waals surface area contributed by atoms with Gasteiger partial charge < -0.3 is 22.8 Å². The fourth-order valence-corrected chi connectivity index (χ4v) is 5.05. The Kier molecular flexibility index (Phi) is 6.76. The van der Waals surface area contributed by atoms with Gasteiger partial charge in [0.2, 0.25) is 0 Å². The molecule has 1 heterocycles. The van der Waals surface area contributed by atoms with E-state index in [0.717, 1.165) is 19.4 Å². The van der Waals surface area contributed by atoms with Crippen LogP contribution in [0.5, 0.6) is 0 Å². The second kappa shape index (κ2) is 7.57. The van der Waals surface area contributed by atoms with Crippen LogP contribution in [0.3, 0.4) is 0 Å². The minimum absolute atomic E-state index is 0.0886. The Balaban J connectivity index is 2.68. The molecule has 1 fully saturated rings. The van der Waals surface area contributed by atoms with E-state index in [4.69, 9.17) is 22.8 Å². The highest BCUT2D eigenvalue weighted by molar-refractivity contribution is 6.62. The monoisotopic (exact) mass is 278 g/mol. The number of hydrogen-bond acceptors (Lipinski definition) is 5. The summed E-state index contributed by atoms with van der Waals surface area (Å²) in [7, 11) is 2.31. The zero-order valence-corrected chi connectivity index (χ0v) is 13.1. The van der Waals surface area contributed by atoms with Crippen molar-refractivity contribution in [1.82, 2.24) is 0 Å². The van der Waals surface area contributed by atoms with Gasteiger partial charge in [-0.15, -0.1) is 0 Å². The second-order valence-electron chi connectivity index (χ2n) is 4.47. The lowest BCUT2D eigenvalue weighted by Gasteiger charge is -2.36. The quantitative estimate of drug-likeness (QED) is 0.451. The van der Waals surface area contributed by atoms with Crippen molar-refractivity contribution >= 4 is 8.80 Å². The van der Waals surface area contributed by atoms with Gasteiger partial charge in [0.05, 0.1) is 24.9 Å². The van der Waals surface area contributed by atoms with Crippen LogP contribution in [0.15, 0.2) is 0 Å². The minimum Gasteiger partial charge on any atom is -0.377 e. The molecule has 5 nitrogen and oxygen atoms in total. The second-order valence-corrected chi connectivity index (χ2v) is 7.64. The van der Waals surface area contributed by atoms with Crippen LogP contribution in [0.4, 0.5) is 0 Å². The molecule has 18 heavy (non-hydrogen) atoms. The Labute approximate surface area is 111 Å². The van der Waals surface area contributed by atoms with Gasteiger partial charge in [-0.3, -0.25) is 0 Å². The molecule has 0 saturated carbocycles. The van der Waals surface area contributed by atoms with Crippen LogP contribution < -0.4 is 0 Å². The van der Waals surface area contributed by atoms with Crippen LogP contribution >= 0.6 is 0 Å². The summed E-state index contributed by atoms with van der Waals surface area (Å²) in [5, 5.41) is 0. The summed E-state index contributed by atoms with van der Waals surface area (Å²) >= 11 is 0. The predicted molar refractivity (Wildman–Crippen MR) is 70.6 cm³/mol. The molecule has 0 aromatic rings. The van der Waals surface area contributed by atoms with Crippen molar-refractivity contribution < 1.29 is 22.8 Å². The predicted octanol–water partition coefficient (Wildman–Crippen LogP) is 1.84. The third-order valence-electron chi connectivity index (χ3n) is 3.50. The maximum absolute atomic E-state index is 5.95. The molecule has 0 bridgehead atoms. The Bertz CT molecular complexity index is 222. The fourth-order valence-electron chi connectivity index (χ4n) is 2.36. The zero-order chi connectivity index (χ0) is 13.6. The van der Waals surface area contributed by atoms with Gasteiger partial charge in [0.15, 0.2) is 0 Å². The highest BCUT2D eigenvalue weighted by Gasteiger charge is 2.50. The Morgan fingerprint density at radius 2 is 1.67 bits per heavy atom. The molecule has 0 aromatic carbocycles. The van der Waals surface area contributed by atoms with E-state index in [2.05, 4.69) is 13.8 Å². The van der Waals surface area contributed by atoms with E-state index in [1.165, 1.54) is 0 Å². The molecule has 3 atom stereocenters. The fraction of sp³-hybridized carbons (Fsp3) is 1.00. The zero-order valence-electron chi connectivity index (χ0n) is 12.1.